The third-order valence-corrected chi connectivity index (χ3v) is 4.27. The first kappa shape index (κ1) is 13.5. The zero-order valence-corrected chi connectivity index (χ0v) is 12.4. The Morgan fingerprint density at radius 1 is 1.18 bits per heavy atom. The third-order valence-electron chi connectivity index (χ3n) is 4.27. The second kappa shape index (κ2) is 5.55. The summed E-state index contributed by atoms with van der Waals surface area (Å²) in [5.74, 6) is 1.56. The van der Waals surface area contributed by atoms with Gasteiger partial charge in [-0.2, -0.15) is 5.10 Å². The maximum absolute atomic E-state index is 12.2. The zero-order valence-electron chi connectivity index (χ0n) is 12.4. The molecule has 2 aromatic rings. The molecule has 0 atom stereocenters. The molecule has 116 valence electrons. The van der Waals surface area contributed by atoms with Gasteiger partial charge in [-0.3, -0.25) is 4.79 Å². The highest BCUT2D eigenvalue weighted by atomic mass is 16.4. The summed E-state index contributed by atoms with van der Waals surface area (Å²) in [5, 5.41) is 12.3. The van der Waals surface area contributed by atoms with Gasteiger partial charge in [-0.25, -0.2) is 4.68 Å². The first-order chi connectivity index (χ1) is 10.8. The molecule has 0 N–H and O–H groups in total. The Morgan fingerprint density at radius 2 is 2.00 bits per heavy atom. The normalized spacial score (nSPS) is 18.6. The minimum Gasteiger partial charge on any atom is -0.423 e. The van der Waals surface area contributed by atoms with Crippen molar-refractivity contribution in [3.63, 3.8) is 0 Å². The maximum Gasteiger partial charge on any atom is 0.269 e. The van der Waals surface area contributed by atoms with Crippen LogP contribution in [0.15, 0.2) is 21.5 Å². The second-order valence-electron chi connectivity index (χ2n) is 6.07. The SMILES string of the molecule is O=c1cc(N2CCCCC2)cnn1Cc1nnc(C2CC2)o1. The predicted octanol–water partition coefficient (Wildman–Crippen LogP) is 1.54. The molecule has 0 radical (unpaired) electrons. The molecule has 0 spiro atoms. The van der Waals surface area contributed by atoms with Crippen LogP contribution in [0.5, 0.6) is 0 Å². The van der Waals surface area contributed by atoms with E-state index in [1.807, 2.05) is 0 Å². The fourth-order valence-electron chi connectivity index (χ4n) is 2.82. The van der Waals surface area contributed by atoms with Gasteiger partial charge < -0.3 is 9.32 Å². The predicted molar refractivity (Wildman–Crippen MR) is 79.9 cm³/mol. The minimum atomic E-state index is -0.130. The first-order valence-electron chi connectivity index (χ1n) is 7.94. The quantitative estimate of drug-likeness (QED) is 0.852. The van der Waals surface area contributed by atoms with Crippen LogP contribution < -0.4 is 10.5 Å². The molecule has 0 unspecified atom stereocenters. The average molecular weight is 301 g/mol. The van der Waals surface area contributed by atoms with Crippen LogP contribution in [-0.4, -0.2) is 33.1 Å². The molecule has 1 saturated carbocycles. The van der Waals surface area contributed by atoms with Crippen molar-refractivity contribution in [2.75, 3.05) is 18.0 Å². The van der Waals surface area contributed by atoms with E-state index in [-0.39, 0.29) is 12.1 Å². The van der Waals surface area contributed by atoms with Gasteiger partial charge in [-0.1, -0.05) is 0 Å². The lowest BCUT2D eigenvalue weighted by Crippen LogP contribution is -2.32. The van der Waals surface area contributed by atoms with Gasteiger partial charge in [0, 0.05) is 25.1 Å². The monoisotopic (exact) mass is 301 g/mol. The van der Waals surface area contributed by atoms with Gasteiger partial charge in [0.1, 0.15) is 6.54 Å². The van der Waals surface area contributed by atoms with E-state index in [9.17, 15) is 4.79 Å². The molecule has 7 nitrogen and oxygen atoms in total. The fraction of sp³-hybridized carbons (Fsp3) is 0.600. The van der Waals surface area contributed by atoms with E-state index < -0.39 is 0 Å². The Kier molecular flexibility index (Phi) is 3.40. The van der Waals surface area contributed by atoms with E-state index in [4.69, 9.17) is 4.42 Å². The molecule has 7 heteroatoms. The van der Waals surface area contributed by atoms with Crippen LogP contribution in [0.25, 0.3) is 0 Å². The molecule has 1 aliphatic heterocycles. The van der Waals surface area contributed by atoms with Gasteiger partial charge in [0.2, 0.25) is 11.8 Å². The van der Waals surface area contributed by atoms with Crippen molar-refractivity contribution in [3.8, 4) is 0 Å². The van der Waals surface area contributed by atoms with E-state index in [2.05, 4.69) is 20.2 Å². The number of hydrogen-bond acceptors (Lipinski definition) is 6. The number of rotatable bonds is 4. The van der Waals surface area contributed by atoms with E-state index in [0.29, 0.717) is 17.7 Å². The van der Waals surface area contributed by atoms with Gasteiger partial charge in [-0.05, 0) is 32.1 Å². The summed E-state index contributed by atoms with van der Waals surface area (Å²) in [7, 11) is 0. The van der Waals surface area contributed by atoms with Crippen LogP contribution >= 0.6 is 0 Å². The van der Waals surface area contributed by atoms with Crippen molar-refractivity contribution in [1.29, 1.82) is 0 Å². The summed E-state index contributed by atoms with van der Waals surface area (Å²) in [6, 6.07) is 1.65. The third kappa shape index (κ3) is 2.75. The summed E-state index contributed by atoms with van der Waals surface area (Å²) in [6.07, 6.45) is 7.60. The molecule has 0 bridgehead atoms. The Labute approximate surface area is 128 Å². The van der Waals surface area contributed by atoms with Crippen molar-refractivity contribution in [2.45, 2.75) is 44.6 Å². The Balaban J connectivity index is 1.50. The van der Waals surface area contributed by atoms with Crippen LogP contribution in [0, 0.1) is 0 Å². The van der Waals surface area contributed by atoms with Crippen LogP contribution in [0.1, 0.15) is 49.8 Å². The number of aromatic nitrogens is 4. The Bertz CT molecular complexity index is 713. The lowest BCUT2D eigenvalue weighted by atomic mass is 10.1. The summed E-state index contributed by atoms with van der Waals surface area (Å²) >= 11 is 0. The van der Waals surface area contributed by atoms with Crippen molar-refractivity contribution in [1.82, 2.24) is 20.0 Å². The van der Waals surface area contributed by atoms with Crippen LogP contribution in [-0.2, 0) is 6.54 Å². The summed E-state index contributed by atoms with van der Waals surface area (Å²) in [4.78, 5) is 14.4. The molecular formula is C15H19N5O2. The van der Waals surface area contributed by atoms with Crippen molar-refractivity contribution < 1.29 is 4.42 Å². The van der Waals surface area contributed by atoms with Gasteiger partial charge >= 0.3 is 0 Å². The molecule has 2 fully saturated rings. The highest BCUT2D eigenvalue weighted by molar-refractivity contribution is 5.43. The molecular weight excluding hydrogens is 282 g/mol. The molecule has 22 heavy (non-hydrogen) atoms. The summed E-state index contributed by atoms with van der Waals surface area (Å²) in [5.41, 5.74) is 0.777. The van der Waals surface area contributed by atoms with Crippen LogP contribution in [0.2, 0.25) is 0 Å². The second-order valence-corrected chi connectivity index (χ2v) is 6.07. The van der Waals surface area contributed by atoms with Crippen molar-refractivity contribution >= 4 is 5.69 Å². The first-order valence-corrected chi connectivity index (χ1v) is 7.94. The van der Waals surface area contributed by atoms with E-state index >= 15 is 0 Å². The Hall–Kier alpha value is -2.18. The minimum absolute atomic E-state index is 0.130. The molecule has 3 heterocycles. The number of piperidine rings is 1. The van der Waals surface area contributed by atoms with E-state index in [0.717, 1.165) is 31.6 Å². The molecule has 2 aromatic heterocycles. The molecule has 2 aliphatic rings. The van der Waals surface area contributed by atoms with Gasteiger partial charge in [0.15, 0.2) is 0 Å². The van der Waals surface area contributed by atoms with Crippen LogP contribution in [0.4, 0.5) is 5.69 Å². The van der Waals surface area contributed by atoms with Crippen LogP contribution in [0.3, 0.4) is 0 Å². The van der Waals surface area contributed by atoms with Crippen molar-refractivity contribution in [3.05, 3.63) is 34.4 Å². The molecule has 1 saturated heterocycles. The molecule has 1 aliphatic carbocycles. The average Bonchev–Trinajstić information content (AvgIpc) is 3.30. The largest absolute Gasteiger partial charge is 0.423 e. The molecule has 0 amide bonds. The van der Waals surface area contributed by atoms with Gasteiger partial charge in [0.25, 0.3) is 5.56 Å². The highest BCUT2D eigenvalue weighted by Crippen LogP contribution is 2.38. The van der Waals surface area contributed by atoms with Gasteiger partial charge in [-0.15, -0.1) is 10.2 Å². The number of anilines is 1. The lowest BCUT2D eigenvalue weighted by molar-refractivity contribution is 0.425. The van der Waals surface area contributed by atoms with E-state index in [1.54, 1.807) is 12.3 Å². The maximum atomic E-state index is 12.2. The van der Waals surface area contributed by atoms with E-state index in [1.165, 1.54) is 23.9 Å². The Morgan fingerprint density at radius 3 is 2.73 bits per heavy atom. The smallest absolute Gasteiger partial charge is 0.269 e. The summed E-state index contributed by atoms with van der Waals surface area (Å²) in [6.45, 7) is 2.23. The lowest BCUT2D eigenvalue weighted by Gasteiger charge is -2.28. The standard InChI is InChI=1S/C15H19N5O2/c21-14-8-12(19-6-2-1-3-7-19)9-16-20(14)10-13-17-18-15(22-13)11-4-5-11/h8-9,11H,1-7,10H2. The molecule has 0 aromatic carbocycles. The van der Waals surface area contributed by atoms with Crippen molar-refractivity contribution in [2.24, 2.45) is 0 Å². The summed E-state index contributed by atoms with van der Waals surface area (Å²) < 4.78 is 6.95. The topological polar surface area (TPSA) is 77.1 Å². The fourth-order valence-corrected chi connectivity index (χ4v) is 2.82. The zero-order chi connectivity index (χ0) is 14.9. The van der Waals surface area contributed by atoms with Gasteiger partial charge in [0.05, 0.1) is 11.9 Å². The molecule has 4 rings (SSSR count). The highest BCUT2D eigenvalue weighted by Gasteiger charge is 2.29. The number of hydrogen-bond donors (Lipinski definition) is 0. The number of nitrogens with zero attached hydrogens (tertiary/aromatic N) is 5.